The van der Waals surface area contributed by atoms with Crippen molar-refractivity contribution >= 4 is 0 Å². The van der Waals surface area contributed by atoms with Crippen molar-refractivity contribution in [2.24, 2.45) is 11.7 Å². The summed E-state index contributed by atoms with van der Waals surface area (Å²) < 4.78 is 0. The molecule has 3 rings (SSSR count). The van der Waals surface area contributed by atoms with Crippen molar-refractivity contribution < 1.29 is 0 Å². The lowest BCUT2D eigenvalue weighted by molar-refractivity contribution is 0.121. The number of nitrogens with zero attached hydrogens (tertiary/aromatic N) is 1. The van der Waals surface area contributed by atoms with Crippen molar-refractivity contribution in [1.82, 2.24) is 4.90 Å². The summed E-state index contributed by atoms with van der Waals surface area (Å²) in [6.07, 6.45) is 8.01. The number of nitrogens with two attached hydrogens (primary N) is 1. The van der Waals surface area contributed by atoms with E-state index in [4.69, 9.17) is 5.73 Å². The molecule has 2 heteroatoms. The molecular formula is C17H26N2. The van der Waals surface area contributed by atoms with Crippen LogP contribution >= 0.6 is 0 Å². The Bertz CT molecular complexity index is 407. The van der Waals surface area contributed by atoms with Crippen molar-refractivity contribution in [2.45, 2.75) is 51.1 Å². The summed E-state index contributed by atoms with van der Waals surface area (Å²) in [6, 6.07) is 9.78. The SMILES string of the molecule is NCCC1CCC(N2CCc3ccccc3C2)CC1. The molecule has 19 heavy (non-hydrogen) atoms. The van der Waals surface area contributed by atoms with Gasteiger partial charge in [-0.2, -0.15) is 0 Å². The molecule has 2 nitrogen and oxygen atoms in total. The van der Waals surface area contributed by atoms with Gasteiger partial charge in [-0.3, -0.25) is 4.90 Å². The first kappa shape index (κ1) is 13.1. The van der Waals surface area contributed by atoms with E-state index in [1.807, 2.05) is 0 Å². The Balaban J connectivity index is 1.57. The number of fused-ring (bicyclic) bond motifs is 1. The van der Waals surface area contributed by atoms with E-state index < -0.39 is 0 Å². The molecule has 1 fully saturated rings. The second-order valence-corrected chi connectivity index (χ2v) is 6.24. The molecule has 0 radical (unpaired) electrons. The fourth-order valence-corrected chi connectivity index (χ4v) is 3.86. The first-order valence-corrected chi connectivity index (χ1v) is 7.87. The Kier molecular flexibility index (Phi) is 4.19. The summed E-state index contributed by atoms with van der Waals surface area (Å²) in [5.74, 6) is 0.901. The zero-order valence-corrected chi connectivity index (χ0v) is 11.9. The fraction of sp³-hybridized carbons (Fsp3) is 0.647. The van der Waals surface area contributed by atoms with Crippen molar-refractivity contribution in [2.75, 3.05) is 13.1 Å². The highest BCUT2D eigenvalue weighted by atomic mass is 15.2. The summed E-state index contributed by atoms with van der Waals surface area (Å²) in [5.41, 5.74) is 8.80. The highest BCUT2D eigenvalue weighted by Crippen LogP contribution is 2.31. The lowest BCUT2D eigenvalue weighted by Crippen LogP contribution is -2.41. The van der Waals surface area contributed by atoms with Crippen LogP contribution in [0, 0.1) is 5.92 Å². The zero-order valence-electron chi connectivity index (χ0n) is 11.9. The standard InChI is InChI=1S/C17H26N2/c18-11-9-14-5-7-17(8-6-14)19-12-10-15-3-1-2-4-16(15)13-19/h1-4,14,17H,5-13,18H2. The molecule has 2 aliphatic rings. The van der Waals surface area contributed by atoms with Gasteiger partial charge in [-0.05, 0) is 62.1 Å². The second kappa shape index (κ2) is 6.06. The molecular weight excluding hydrogens is 232 g/mol. The van der Waals surface area contributed by atoms with Gasteiger partial charge in [0.25, 0.3) is 0 Å². The predicted molar refractivity (Wildman–Crippen MR) is 80.0 cm³/mol. The topological polar surface area (TPSA) is 29.3 Å². The van der Waals surface area contributed by atoms with Crippen LogP contribution in [0.5, 0.6) is 0 Å². The van der Waals surface area contributed by atoms with Crippen LogP contribution in [0.4, 0.5) is 0 Å². The number of rotatable bonds is 3. The van der Waals surface area contributed by atoms with Gasteiger partial charge in [-0.15, -0.1) is 0 Å². The molecule has 0 unspecified atom stereocenters. The first-order valence-electron chi connectivity index (χ1n) is 7.87. The Labute approximate surface area is 117 Å². The Morgan fingerprint density at radius 2 is 1.79 bits per heavy atom. The molecule has 1 aliphatic carbocycles. The van der Waals surface area contributed by atoms with Gasteiger partial charge in [0, 0.05) is 19.1 Å². The highest BCUT2D eigenvalue weighted by molar-refractivity contribution is 5.29. The van der Waals surface area contributed by atoms with Crippen LogP contribution in [0.25, 0.3) is 0 Å². The van der Waals surface area contributed by atoms with E-state index in [0.29, 0.717) is 0 Å². The Morgan fingerprint density at radius 3 is 2.53 bits per heavy atom. The lowest BCUT2D eigenvalue weighted by atomic mass is 9.82. The third-order valence-electron chi connectivity index (χ3n) is 5.07. The van der Waals surface area contributed by atoms with Crippen LogP contribution in [0.1, 0.15) is 43.2 Å². The first-order chi connectivity index (χ1) is 9.36. The molecule has 1 heterocycles. The summed E-state index contributed by atoms with van der Waals surface area (Å²) >= 11 is 0. The van der Waals surface area contributed by atoms with Gasteiger partial charge in [-0.1, -0.05) is 24.3 Å². The molecule has 1 aromatic carbocycles. The summed E-state index contributed by atoms with van der Waals surface area (Å²) in [6.45, 7) is 3.29. The quantitative estimate of drug-likeness (QED) is 0.903. The molecule has 0 aromatic heterocycles. The van der Waals surface area contributed by atoms with E-state index in [0.717, 1.165) is 18.5 Å². The van der Waals surface area contributed by atoms with E-state index in [1.165, 1.54) is 51.6 Å². The van der Waals surface area contributed by atoms with Crippen LogP contribution < -0.4 is 5.73 Å². The lowest BCUT2D eigenvalue weighted by Gasteiger charge is -2.39. The third kappa shape index (κ3) is 3.01. The van der Waals surface area contributed by atoms with Gasteiger partial charge < -0.3 is 5.73 Å². The molecule has 1 aromatic rings. The van der Waals surface area contributed by atoms with E-state index in [-0.39, 0.29) is 0 Å². The summed E-state index contributed by atoms with van der Waals surface area (Å²) in [4.78, 5) is 2.72. The maximum Gasteiger partial charge on any atom is 0.0239 e. The number of hydrogen-bond acceptors (Lipinski definition) is 2. The van der Waals surface area contributed by atoms with Gasteiger partial charge >= 0.3 is 0 Å². The van der Waals surface area contributed by atoms with Crippen molar-refractivity contribution in [3.63, 3.8) is 0 Å². The zero-order chi connectivity index (χ0) is 13.1. The molecule has 0 saturated heterocycles. The molecule has 0 amide bonds. The third-order valence-corrected chi connectivity index (χ3v) is 5.07. The van der Waals surface area contributed by atoms with Crippen LogP contribution in [-0.4, -0.2) is 24.0 Å². The molecule has 1 aliphatic heterocycles. The van der Waals surface area contributed by atoms with Gasteiger partial charge in [0.15, 0.2) is 0 Å². The molecule has 2 N–H and O–H groups in total. The molecule has 1 saturated carbocycles. The van der Waals surface area contributed by atoms with Gasteiger partial charge in [-0.25, -0.2) is 0 Å². The smallest absolute Gasteiger partial charge is 0.0239 e. The second-order valence-electron chi connectivity index (χ2n) is 6.24. The maximum atomic E-state index is 5.68. The minimum atomic E-state index is 0.822. The van der Waals surface area contributed by atoms with Crippen molar-refractivity contribution in [1.29, 1.82) is 0 Å². The largest absolute Gasteiger partial charge is 0.330 e. The minimum absolute atomic E-state index is 0.822. The van der Waals surface area contributed by atoms with E-state index >= 15 is 0 Å². The van der Waals surface area contributed by atoms with Gasteiger partial charge in [0.2, 0.25) is 0 Å². The monoisotopic (exact) mass is 258 g/mol. The van der Waals surface area contributed by atoms with E-state index in [2.05, 4.69) is 29.2 Å². The molecule has 104 valence electrons. The summed E-state index contributed by atoms with van der Waals surface area (Å²) in [7, 11) is 0. The van der Waals surface area contributed by atoms with Crippen LogP contribution in [0.2, 0.25) is 0 Å². The predicted octanol–water partition coefficient (Wildman–Crippen LogP) is 2.95. The van der Waals surface area contributed by atoms with E-state index in [9.17, 15) is 0 Å². The van der Waals surface area contributed by atoms with Crippen LogP contribution in [0.15, 0.2) is 24.3 Å². The minimum Gasteiger partial charge on any atom is -0.330 e. The number of benzene rings is 1. The summed E-state index contributed by atoms with van der Waals surface area (Å²) in [5, 5.41) is 0. The maximum absolute atomic E-state index is 5.68. The van der Waals surface area contributed by atoms with Crippen molar-refractivity contribution in [3.05, 3.63) is 35.4 Å². The van der Waals surface area contributed by atoms with Gasteiger partial charge in [0.1, 0.15) is 0 Å². The molecule has 0 bridgehead atoms. The Hall–Kier alpha value is -0.860. The van der Waals surface area contributed by atoms with Gasteiger partial charge in [0.05, 0.1) is 0 Å². The molecule has 0 spiro atoms. The normalized spacial score (nSPS) is 28.1. The average molecular weight is 258 g/mol. The highest BCUT2D eigenvalue weighted by Gasteiger charge is 2.27. The van der Waals surface area contributed by atoms with Crippen LogP contribution in [0.3, 0.4) is 0 Å². The van der Waals surface area contributed by atoms with E-state index in [1.54, 1.807) is 11.1 Å². The molecule has 0 atom stereocenters. The Morgan fingerprint density at radius 1 is 1.05 bits per heavy atom. The van der Waals surface area contributed by atoms with Crippen LogP contribution in [-0.2, 0) is 13.0 Å². The van der Waals surface area contributed by atoms with Crippen molar-refractivity contribution in [3.8, 4) is 0 Å². The fourth-order valence-electron chi connectivity index (χ4n) is 3.86. The average Bonchev–Trinajstić information content (AvgIpc) is 2.48. The number of hydrogen-bond donors (Lipinski definition) is 1.